The maximum atomic E-state index is 11.7. The second-order valence-electron chi connectivity index (χ2n) is 4.87. The fourth-order valence-electron chi connectivity index (χ4n) is 1.69. The van der Waals surface area contributed by atoms with Gasteiger partial charge in [-0.15, -0.1) is 0 Å². The lowest BCUT2D eigenvalue weighted by atomic mass is 10.3. The third-order valence-corrected chi connectivity index (χ3v) is 5.18. The summed E-state index contributed by atoms with van der Waals surface area (Å²) in [5.74, 6) is 0.224. The lowest BCUT2D eigenvalue weighted by molar-refractivity contribution is 0.0110. The van der Waals surface area contributed by atoms with Crippen molar-refractivity contribution in [2.24, 2.45) is 0 Å². The first-order valence-electron chi connectivity index (χ1n) is 6.14. The van der Waals surface area contributed by atoms with Crippen molar-refractivity contribution in [3.8, 4) is 0 Å². The molecule has 1 fully saturated rings. The van der Waals surface area contributed by atoms with Crippen LogP contribution in [0.1, 0.15) is 13.8 Å². The number of hydrogen-bond acceptors (Lipinski definition) is 5. The molecular formula is C11H24N2O3S. The fraction of sp³-hybridized carbons (Fsp3) is 1.00. The summed E-state index contributed by atoms with van der Waals surface area (Å²) in [7, 11) is -0.994. The molecule has 1 aliphatic heterocycles. The molecule has 5 nitrogen and oxygen atoms in total. The molecule has 0 aromatic rings. The molecule has 1 rings (SSSR count). The smallest absolute Gasteiger partial charge is 0.153 e. The summed E-state index contributed by atoms with van der Waals surface area (Å²) in [5, 5.41) is 2.97. The Bertz CT molecular complexity index is 311. The monoisotopic (exact) mass is 264 g/mol. The second kappa shape index (κ2) is 6.68. The maximum Gasteiger partial charge on any atom is 0.153 e. The number of morpholine rings is 1. The van der Waals surface area contributed by atoms with E-state index in [0.717, 1.165) is 26.2 Å². The maximum absolute atomic E-state index is 11.7. The molecule has 1 N–H and O–H groups in total. The van der Waals surface area contributed by atoms with E-state index in [1.807, 2.05) is 11.9 Å². The van der Waals surface area contributed by atoms with Crippen molar-refractivity contribution in [2.45, 2.75) is 25.2 Å². The summed E-state index contributed by atoms with van der Waals surface area (Å²) >= 11 is 0. The van der Waals surface area contributed by atoms with Gasteiger partial charge in [0, 0.05) is 26.2 Å². The van der Waals surface area contributed by atoms with Crippen LogP contribution in [0.3, 0.4) is 0 Å². The Labute approximate surface area is 104 Å². The number of nitrogens with one attached hydrogen (secondary N) is 1. The van der Waals surface area contributed by atoms with E-state index in [1.165, 1.54) is 0 Å². The molecule has 1 heterocycles. The first-order valence-corrected chi connectivity index (χ1v) is 7.86. The Hall–Kier alpha value is -0.170. The van der Waals surface area contributed by atoms with E-state index in [0.29, 0.717) is 6.54 Å². The van der Waals surface area contributed by atoms with Gasteiger partial charge in [-0.05, 0) is 20.9 Å². The molecule has 1 aliphatic rings. The number of hydrogen-bond donors (Lipinski definition) is 1. The number of likely N-dealkylation sites (N-methyl/N-ethyl adjacent to an activating group) is 1. The molecule has 0 amide bonds. The van der Waals surface area contributed by atoms with E-state index in [9.17, 15) is 8.42 Å². The molecule has 0 aromatic heterocycles. The molecule has 0 spiro atoms. The third kappa shape index (κ3) is 5.33. The van der Waals surface area contributed by atoms with Gasteiger partial charge in [-0.25, -0.2) is 8.42 Å². The van der Waals surface area contributed by atoms with Gasteiger partial charge in [0.05, 0.1) is 23.7 Å². The molecule has 0 aromatic carbocycles. The van der Waals surface area contributed by atoms with Crippen LogP contribution < -0.4 is 5.32 Å². The average Bonchev–Trinajstić information content (AvgIpc) is 2.28. The van der Waals surface area contributed by atoms with Gasteiger partial charge in [0.25, 0.3) is 0 Å². The molecule has 6 heteroatoms. The zero-order valence-electron chi connectivity index (χ0n) is 11.0. The molecule has 0 radical (unpaired) electrons. The first-order chi connectivity index (χ1) is 7.92. The highest BCUT2D eigenvalue weighted by Gasteiger charge is 2.19. The zero-order chi connectivity index (χ0) is 12.9. The summed E-state index contributed by atoms with van der Waals surface area (Å²) in [6.45, 7) is 7.29. The first kappa shape index (κ1) is 14.9. The molecule has 102 valence electrons. The van der Waals surface area contributed by atoms with Crippen molar-refractivity contribution in [1.29, 1.82) is 0 Å². The van der Waals surface area contributed by atoms with Crippen molar-refractivity contribution >= 4 is 9.84 Å². The summed E-state index contributed by atoms with van der Waals surface area (Å²) in [6.07, 6.45) is 0.176. The van der Waals surface area contributed by atoms with Crippen LogP contribution in [-0.4, -0.2) is 70.3 Å². The SMILES string of the molecule is CC(C)S(=O)(=O)CCN(C)CC1CNCCO1. The van der Waals surface area contributed by atoms with Crippen LogP contribution in [0.4, 0.5) is 0 Å². The van der Waals surface area contributed by atoms with Crippen LogP contribution in [0.15, 0.2) is 0 Å². The lowest BCUT2D eigenvalue weighted by Gasteiger charge is -2.28. The van der Waals surface area contributed by atoms with Gasteiger partial charge < -0.3 is 15.0 Å². The van der Waals surface area contributed by atoms with Gasteiger partial charge >= 0.3 is 0 Å². The minimum absolute atomic E-state index is 0.176. The minimum Gasteiger partial charge on any atom is -0.374 e. The van der Waals surface area contributed by atoms with Crippen molar-refractivity contribution in [3.63, 3.8) is 0 Å². The predicted molar refractivity (Wildman–Crippen MR) is 69.0 cm³/mol. The zero-order valence-corrected chi connectivity index (χ0v) is 11.8. The van der Waals surface area contributed by atoms with Crippen LogP contribution in [-0.2, 0) is 14.6 Å². The molecule has 0 aliphatic carbocycles. The molecule has 0 saturated carbocycles. The lowest BCUT2D eigenvalue weighted by Crippen LogP contribution is -2.45. The van der Waals surface area contributed by atoms with Crippen molar-refractivity contribution in [1.82, 2.24) is 10.2 Å². The summed E-state index contributed by atoms with van der Waals surface area (Å²) < 4.78 is 28.9. The minimum atomic E-state index is -2.93. The summed E-state index contributed by atoms with van der Waals surface area (Å²) in [5.41, 5.74) is 0. The predicted octanol–water partition coefficient (Wildman–Crippen LogP) is -0.270. The topological polar surface area (TPSA) is 58.6 Å². The quantitative estimate of drug-likeness (QED) is 0.716. The van der Waals surface area contributed by atoms with E-state index in [-0.39, 0.29) is 17.1 Å². The van der Waals surface area contributed by atoms with Gasteiger partial charge in [-0.3, -0.25) is 0 Å². The van der Waals surface area contributed by atoms with Gasteiger partial charge in [-0.1, -0.05) is 0 Å². The highest BCUT2D eigenvalue weighted by Crippen LogP contribution is 2.03. The Morgan fingerprint density at radius 3 is 2.71 bits per heavy atom. The molecule has 1 atom stereocenters. The van der Waals surface area contributed by atoms with E-state index < -0.39 is 9.84 Å². The average molecular weight is 264 g/mol. The summed E-state index contributed by atoms with van der Waals surface area (Å²) in [6, 6.07) is 0. The van der Waals surface area contributed by atoms with E-state index in [2.05, 4.69) is 5.32 Å². The van der Waals surface area contributed by atoms with E-state index in [4.69, 9.17) is 4.74 Å². The number of rotatable bonds is 6. The van der Waals surface area contributed by atoms with E-state index in [1.54, 1.807) is 13.8 Å². The van der Waals surface area contributed by atoms with Gasteiger partial charge in [-0.2, -0.15) is 0 Å². The molecule has 17 heavy (non-hydrogen) atoms. The van der Waals surface area contributed by atoms with Gasteiger partial charge in [0.15, 0.2) is 9.84 Å². The number of nitrogens with zero attached hydrogens (tertiary/aromatic N) is 1. The van der Waals surface area contributed by atoms with E-state index >= 15 is 0 Å². The Morgan fingerprint density at radius 1 is 1.47 bits per heavy atom. The Kier molecular flexibility index (Phi) is 5.85. The largest absolute Gasteiger partial charge is 0.374 e. The molecule has 0 bridgehead atoms. The normalized spacial score (nSPS) is 22.3. The number of sulfone groups is 1. The Balaban J connectivity index is 2.27. The fourth-order valence-corrected chi connectivity index (χ4v) is 2.73. The van der Waals surface area contributed by atoms with Crippen molar-refractivity contribution in [2.75, 3.05) is 45.6 Å². The van der Waals surface area contributed by atoms with Crippen LogP contribution in [0.5, 0.6) is 0 Å². The third-order valence-electron chi connectivity index (χ3n) is 3.00. The number of ether oxygens (including phenoxy) is 1. The van der Waals surface area contributed by atoms with Crippen molar-refractivity contribution < 1.29 is 13.2 Å². The molecule has 1 saturated heterocycles. The molecular weight excluding hydrogens is 240 g/mol. The highest BCUT2D eigenvalue weighted by atomic mass is 32.2. The highest BCUT2D eigenvalue weighted by molar-refractivity contribution is 7.92. The molecule has 1 unspecified atom stereocenters. The van der Waals surface area contributed by atoms with Crippen LogP contribution in [0.2, 0.25) is 0 Å². The van der Waals surface area contributed by atoms with Crippen LogP contribution >= 0.6 is 0 Å². The van der Waals surface area contributed by atoms with Crippen LogP contribution in [0.25, 0.3) is 0 Å². The van der Waals surface area contributed by atoms with Crippen LogP contribution in [0, 0.1) is 0 Å². The Morgan fingerprint density at radius 2 is 2.18 bits per heavy atom. The van der Waals surface area contributed by atoms with Gasteiger partial charge in [0.1, 0.15) is 0 Å². The standard InChI is InChI=1S/C11H24N2O3S/c1-10(2)17(14,15)7-5-13(3)9-11-8-12-4-6-16-11/h10-12H,4-9H2,1-3H3. The van der Waals surface area contributed by atoms with Gasteiger partial charge in [0.2, 0.25) is 0 Å². The second-order valence-corrected chi connectivity index (χ2v) is 7.55. The van der Waals surface area contributed by atoms with Crippen molar-refractivity contribution in [3.05, 3.63) is 0 Å². The summed E-state index contributed by atoms with van der Waals surface area (Å²) in [4.78, 5) is 2.03.